The van der Waals surface area contributed by atoms with Crippen molar-refractivity contribution in [1.82, 2.24) is 0 Å². The van der Waals surface area contributed by atoms with Gasteiger partial charge in [-0.2, -0.15) is 0 Å². The lowest BCUT2D eigenvalue weighted by atomic mass is 10.1. The third-order valence-corrected chi connectivity index (χ3v) is 2.41. The molecule has 3 nitrogen and oxygen atoms in total. The Morgan fingerprint density at radius 2 is 2.43 bits per heavy atom. The van der Waals surface area contributed by atoms with E-state index in [4.69, 9.17) is 9.94 Å². The fourth-order valence-electron chi connectivity index (χ4n) is 1.71. The van der Waals surface area contributed by atoms with E-state index in [2.05, 4.69) is 11.2 Å². The van der Waals surface area contributed by atoms with Gasteiger partial charge in [-0.05, 0) is 44.6 Å². The summed E-state index contributed by atoms with van der Waals surface area (Å²) in [6.45, 7) is 1.83. The maximum absolute atomic E-state index is 9.12. The van der Waals surface area contributed by atoms with Gasteiger partial charge in [0.25, 0.3) is 0 Å². The van der Waals surface area contributed by atoms with Gasteiger partial charge in [0.1, 0.15) is 7.11 Å². The molecule has 3 heteroatoms. The second-order valence-corrected chi connectivity index (χ2v) is 3.73. The van der Waals surface area contributed by atoms with Crippen LogP contribution >= 0.6 is 0 Å². The summed E-state index contributed by atoms with van der Waals surface area (Å²) < 4.78 is 0. The molecule has 1 aliphatic carbocycles. The Bertz CT molecular complexity index is 231. The van der Waals surface area contributed by atoms with Gasteiger partial charge in [0.05, 0.1) is 11.8 Å². The van der Waals surface area contributed by atoms with E-state index in [-0.39, 0.29) is 6.10 Å². The molecule has 0 saturated heterocycles. The Morgan fingerprint density at radius 3 is 3.07 bits per heavy atom. The minimum Gasteiger partial charge on any atom is -0.399 e. The molecule has 0 aromatic heterocycles. The van der Waals surface area contributed by atoms with Crippen LogP contribution < -0.4 is 0 Å². The zero-order valence-electron chi connectivity index (χ0n) is 8.99. The standard InChI is InChI=1S/C11H19NO2/c1-9(13)5-3-6-10-7-4-8-11(10)12-14-2/h7,9,13H,3-6,8H2,1-2H3. The van der Waals surface area contributed by atoms with Crippen molar-refractivity contribution in [1.29, 1.82) is 0 Å². The Labute approximate surface area is 85.5 Å². The fraction of sp³-hybridized carbons (Fsp3) is 0.727. The van der Waals surface area contributed by atoms with Crippen molar-refractivity contribution in [3.05, 3.63) is 11.6 Å². The smallest absolute Gasteiger partial charge is 0.106 e. The van der Waals surface area contributed by atoms with Crippen LogP contribution in [0.25, 0.3) is 0 Å². The van der Waals surface area contributed by atoms with Crippen LogP contribution in [0.1, 0.15) is 39.0 Å². The molecule has 0 aromatic carbocycles. The van der Waals surface area contributed by atoms with Crippen molar-refractivity contribution in [2.75, 3.05) is 7.11 Å². The summed E-state index contributed by atoms with van der Waals surface area (Å²) in [5.74, 6) is 0. The molecule has 0 fully saturated rings. The molecular weight excluding hydrogens is 178 g/mol. The molecule has 1 atom stereocenters. The van der Waals surface area contributed by atoms with Crippen LogP contribution in [0, 0.1) is 0 Å². The highest BCUT2D eigenvalue weighted by molar-refractivity contribution is 6.01. The molecule has 1 unspecified atom stereocenters. The molecule has 1 N–H and O–H groups in total. The topological polar surface area (TPSA) is 41.8 Å². The van der Waals surface area contributed by atoms with Crippen LogP contribution in [-0.4, -0.2) is 24.0 Å². The second kappa shape index (κ2) is 5.81. The third-order valence-electron chi connectivity index (χ3n) is 2.41. The normalized spacial score (nSPS) is 21.1. The lowest BCUT2D eigenvalue weighted by Gasteiger charge is -2.05. The fourth-order valence-corrected chi connectivity index (χ4v) is 1.71. The Kier molecular flexibility index (Phi) is 4.66. The van der Waals surface area contributed by atoms with Crippen LogP contribution in [0.4, 0.5) is 0 Å². The minimum absolute atomic E-state index is 0.195. The largest absolute Gasteiger partial charge is 0.399 e. The number of rotatable bonds is 5. The first-order valence-electron chi connectivity index (χ1n) is 5.21. The van der Waals surface area contributed by atoms with E-state index >= 15 is 0 Å². The molecule has 1 rings (SSSR count). The Balaban J connectivity index is 2.33. The van der Waals surface area contributed by atoms with Crippen LogP contribution in [0.5, 0.6) is 0 Å². The maximum Gasteiger partial charge on any atom is 0.106 e. The summed E-state index contributed by atoms with van der Waals surface area (Å²) in [6.07, 6.45) is 6.99. The van der Waals surface area contributed by atoms with E-state index in [0.29, 0.717) is 0 Å². The van der Waals surface area contributed by atoms with E-state index in [0.717, 1.165) is 37.8 Å². The highest BCUT2D eigenvalue weighted by atomic mass is 16.6. The second-order valence-electron chi connectivity index (χ2n) is 3.73. The summed E-state index contributed by atoms with van der Waals surface area (Å²) >= 11 is 0. The summed E-state index contributed by atoms with van der Waals surface area (Å²) in [5, 5.41) is 13.1. The molecule has 0 aliphatic heterocycles. The van der Waals surface area contributed by atoms with E-state index in [9.17, 15) is 0 Å². The van der Waals surface area contributed by atoms with Crippen molar-refractivity contribution in [2.24, 2.45) is 5.16 Å². The average molecular weight is 197 g/mol. The molecule has 14 heavy (non-hydrogen) atoms. The zero-order chi connectivity index (χ0) is 10.4. The third kappa shape index (κ3) is 3.50. The molecule has 0 saturated carbocycles. The van der Waals surface area contributed by atoms with Crippen LogP contribution in [0.15, 0.2) is 16.8 Å². The molecule has 0 bridgehead atoms. The van der Waals surface area contributed by atoms with Crippen molar-refractivity contribution in [3.8, 4) is 0 Å². The molecule has 80 valence electrons. The number of aliphatic hydroxyl groups is 1. The molecule has 1 aliphatic rings. The maximum atomic E-state index is 9.12. The number of hydrogen-bond acceptors (Lipinski definition) is 3. The van der Waals surface area contributed by atoms with Gasteiger partial charge in [0, 0.05) is 0 Å². The van der Waals surface area contributed by atoms with Crippen molar-refractivity contribution < 1.29 is 9.94 Å². The predicted octanol–water partition coefficient (Wildman–Crippen LogP) is 2.26. The highest BCUT2D eigenvalue weighted by Crippen LogP contribution is 2.21. The van der Waals surface area contributed by atoms with Gasteiger partial charge in [0.2, 0.25) is 0 Å². The van der Waals surface area contributed by atoms with Crippen LogP contribution in [0.2, 0.25) is 0 Å². The summed E-state index contributed by atoms with van der Waals surface area (Å²) in [5.41, 5.74) is 2.38. The average Bonchev–Trinajstić information content (AvgIpc) is 2.53. The van der Waals surface area contributed by atoms with Gasteiger partial charge in [-0.15, -0.1) is 0 Å². The first-order valence-corrected chi connectivity index (χ1v) is 5.21. The van der Waals surface area contributed by atoms with E-state index in [1.54, 1.807) is 7.11 Å². The monoisotopic (exact) mass is 197 g/mol. The van der Waals surface area contributed by atoms with Gasteiger partial charge >= 0.3 is 0 Å². The quantitative estimate of drug-likeness (QED) is 0.687. The number of aliphatic hydroxyl groups excluding tert-OH is 1. The van der Waals surface area contributed by atoms with Crippen molar-refractivity contribution >= 4 is 5.71 Å². The van der Waals surface area contributed by atoms with Gasteiger partial charge in [0.15, 0.2) is 0 Å². The molecule has 0 radical (unpaired) electrons. The number of nitrogens with zero attached hydrogens (tertiary/aromatic N) is 1. The first kappa shape index (κ1) is 11.2. The molecule has 0 spiro atoms. The molecule has 0 amide bonds. The van der Waals surface area contributed by atoms with E-state index < -0.39 is 0 Å². The number of allylic oxidation sites excluding steroid dienone is 2. The van der Waals surface area contributed by atoms with E-state index in [1.807, 2.05) is 6.92 Å². The van der Waals surface area contributed by atoms with Crippen LogP contribution in [0.3, 0.4) is 0 Å². The molecular formula is C11H19NO2. The molecule has 0 heterocycles. The first-order chi connectivity index (χ1) is 6.74. The highest BCUT2D eigenvalue weighted by Gasteiger charge is 2.13. The predicted molar refractivity (Wildman–Crippen MR) is 57.3 cm³/mol. The SMILES string of the molecule is CON=C1CCC=C1CCCC(C)O. The minimum atomic E-state index is -0.195. The molecule has 0 aromatic rings. The van der Waals surface area contributed by atoms with Gasteiger partial charge < -0.3 is 9.94 Å². The summed E-state index contributed by atoms with van der Waals surface area (Å²) in [7, 11) is 1.58. The Morgan fingerprint density at radius 1 is 1.64 bits per heavy atom. The van der Waals surface area contributed by atoms with Crippen molar-refractivity contribution in [3.63, 3.8) is 0 Å². The summed E-state index contributed by atoms with van der Waals surface area (Å²) in [4.78, 5) is 4.78. The van der Waals surface area contributed by atoms with Crippen LogP contribution in [-0.2, 0) is 4.84 Å². The van der Waals surface area contributed by atoms with Crippen molar-refractivity contribution in [2.45, 2.75) is 45.1 Å². The number of hydrogen-bond donors (Lipinski definition) is 1. The van der Waals surface area contributed by atoms with Gasteiger partial charge in [-0.25, -0.2) is 0 Å². The van der Waals surface area contributed by atoms with E-state index in [1.165, 1.54) is 5.57 Å². The zero-order valence-corrected chi connectivity index (χ0v) is 8.99. The van der Waals surface area contributed by atoms with Gasteiger partial charge in [-0.3, -0.25) is 0 Å². The summed E-state index contributed by atoms with van der Waals surface area (Å²) in [6, 6.07) is 0. The Hall–Kier alpha value is -0.830. The number of oxime groups is 1. The van der Waals surface area contributed by atoms with Gasteiger partial charge in [-0.1, -0.05) is 11.2 Å². The lowest BCUT2D eigenvalue weighted by molar-refractivity contribution is 0.182. The lowest BCUT2D eigenvalue weighted by Crippen LogP contribution is -2.02.